The van der Waals surface area contributed by atoms with Crippen molar-refractivity contribution in [3.8, 4) is 0 Å². The first-order chi connectivity index (χ1) is 10.2. The zero-order valence-corrected chi connectivity index (χ0v) is 11.7. The summed E-state index contributed by atoms with van der Waals surface area (Å²) in [4.78, 5) is 15.9. The predicted octanol–water partition coefficient (Wildman–Crippen LogP) is 3.71. The summed E-state index contributed by atoms with van der Waals surface area (Å²) < 4.78 is 5.08. The van der Waals surface area contributed by atoms with Crippen LogP contribution < -0.4 is 5.32 Å². The maximum atomic E-state index is 11.8. The largest absolute Gasteiger partial charge is 0.387 e. The number of nitrogens with zero attached hydrogens (tertiary/aromatic N) is 1. The summed E-state index contributed by atoms with van der Waals surface area (Å²) in [6.07, 6.45) is 1.68. The summed E-state index contributed by atoms with van der Waals surface area (Å²) in [5.74, 6) is -0.477. The standard InChI is InChI=1S/C16H11ClN2O2/c17-12-6-8-13(9-7-12)18-16-19-14(15(20)21-16)10-11-4-2-1-3-5-11/h1-10H,(H,18,19)/b14-10+. The zero-order valence-electron chi connectivity index (χ0n) is 10.9. The van der Waals surface area contributed by atoms with Gasteiger partial charge < -0.3 is 10.1 Å². The van der Waals surface area contributed by atoms with Gasteiger partial charge in [0.1, 0.15) is 0 Å². The molecule has 0 radical (unpaired) electrons. The molecule has 1 aliphatic heterocycles. The number of amidine groups is 1. The van der Waals surface area contributed by atoms with Gasteiger partial charge in [0.2, 0.25) is 0 Å². The number of carbonyl (C=O) groups excluding carboxylic acids is 1. The number of halogens is 1. The SMILES string of the molecule is O=C1OC(Nc2ccc(Cl)cc2)=N/C1=C/c1ccccc1. The molecule has 0 fully saturated rings. The summed E-state index contributed by atoms with van der Waals surface area (Å²) in [6.45, 7) is 0. The molecule has 104 valence electrons. The summed E-state index contributed by atoms with van der Waals surface area (Å²) in [5, 5.41) is 3.56. The van der Waals surface area contributed by atoms with Crippen LogP contribution in [-0.2, 0) is 9.53 Å². The Hall–Kier alpha value is -2.59. The highest BCUT2D eigenvalue weighted by Gasteiger charge is 2.22. The topological polar surface area (TPSA) is 50.7 Å². The van der Waals surface area contributed by atoms with Crippen LogP contribution in [0.1, 0.15) is 5.56 Å². The molecule has 0 unspecified atom stereocenters. The van der Waals surface area contributed by atoms with E-state index in [1.54, 1.807) is 30.3 Å². The highest BCUT2D eigenvalue weighted by atomic mass is 35.5. The number of carbonyl (C=O) groups is 1. The number of anilines is 1. The van der Waals surface area contributed by atoms with Crippen molar-refractivity contribution in [2.75, 3.05) is 5.32 Å². The Morgan fingerprint density at radius 1 is 1.05 bits per heavy atom. The van der Waals surface area contributed by atoms with Gasteiger partial charge in [0.25, 0.3) is 0 Å². The number of ether oxygens (including phenoxy) is 1. The van der Waals surface area contributed by atoms with E-state index in [1.807, 2.05) is 30.3 Å². The van der Waals surface area contributed by atoms with Crippen molar-refractivity contribution >= 4 is 35.4 Å². The van der Waals surface area contributed by atoms with Crippen molar-refractivity contribution in [3.05, 3.63) is 70.9 Å². The number of nitrogens with one attached hydrogen (secondary N) is 1. The minimum atomic E-state index is -0.477. The minimum absolute atomic E-state index is 0.157. The summed E-state index contributed by atoms with van der Waals surface area (Å²) in [5.41, 5.74) is 1.89. The lowest BCUT2D eigenvalue weighted by Gasteiger charge is -2.03. The second kappa shape index (κ2) is 5.81. The van der Waals surface area contributed by atoms with Gasteiger partial charge in [0.05, 0.1) is 0 Å². The first kappa shape index (κ1) is 13.4. The van der Waals surface area contributed by atoms with E-state index >= 15 is 0 Å². The lowest BCUT2D eigenvalue weighted by Crippen LogP contribution is -2.13. The number of hydrogen-bond acceptors (Lipinski definition) is 4. The molecular weight excluding hydrogens is 288 g/mol. The molecule has 1 N–H and O–H groups in total. The van der Waals surface area contributed by atoms with Crippen molar-refractivity contribution in [1.29, 1.82) is 0 Å². The highest BCUT2D eigenvalue weighted by Crippen LogP contribution is 2.18. The fourth-order valence-electron chi connectivity index (χ4n) is 1.83. The Morgan fingerprint density at radius 2 is 1.76 bits per heavy atom. The van der Waals surface area contributed by atoms with E-state index in [0.29, 0.717) is 5.02 Å². The number of benzene rings is 2. The molecule has 3 rings (SSSR count). The molecule has 21 heavy (non-hydrogen) atoms. The predicted molar refractivity (Wildman–Crippen MR) is 83.0 cm³/mol. The monoisotopic (exact) mass is 298 g/mol. The second-order valence-corrected chi connectivity index (χ2v) is 4.82. The maximum Gasteiger partial charge on any atom is 0.364 e. The zero-order chi connectivity index (χ0) is 14.7. The molecule has 1 heterocycles. The molecule has 1 aliphatic rings. The molecule has 0 atom stereocenters. The Balaban J connectivity index is 1.79. The van der Waals surface area contributed by atoms with E-state index < -0.39 is 5.97 Å². The molecule has 0 spiro atoms. The van der Waals surface area contributed by atoms with Crippen LogP contribution in [0.4, 0.5) is 5.69 Å². The van der Waals surface area contributed by atoms with E-state index in [4.69, 9.17) is 16.3 Å². The van der Waals surface area contributed by atoms with Crippen molar-refractivity contribution in [1.82, 2.24) is 0 Å². The van der Waals surface area contributed by atoms with E-state index in [-0.39, 0.29) is 11.7 Å². The van der Waals surface area contributed by atoms with E-state index in [1.165, 1.54) is 0 Å². The normalized spacial score (nSPS) is 15.8. The Labute approximate surface area is 126 Å². The Bertz CT molecular complexity index is 722. The van der Waals surface area contributed by atoms with Gasteiger partial charge in [0.15, 0.2) is 5.70 Å². The molecule has 0 bridgehead atoms. The molecule has 0 aromatic heterocycles. The third kappa shape index (κ3) is 3.30. The molecular formula is C16H11ClN2O2. The van der Waals surface area contributed by atoms with Crippen molar-refractivity contribution in [3.63, 3.8) is 0 Å². The van der Waals surface area contributed by atoms with Crippen LogP contribution in [0.25, 0.3) is 6.08 Å². The van der Waals surface area contributed by atoms with Gasteiger partial charge in [-0.3, -0.25) is 0 Å². The van der Waals surface area contributed by atoms with E-state index in [2.05, 4.69) is 10.3 Å². The Morgan fingerprint density at radius 3 is 2.48 bits per heavy atom. The molecule has 0 saturated carbocycles. The molecule has 0 amide bonds. The van der Waals surface area contributed by atoms with Crippen molar-refractivity contribution in [2.24, 2.45) is 4.99 Å². The number of cyclic esters (lactones) is 1. The summed E-state index contributed by atoms with van der Waals surface area (Å²) in [7, 11) is 0. The van der Waals surface area contributed by atoms with Crippen LogP contribution in [0.15, 0.2) is 65.3 Å². The van der Waals surface area contributed by atoms with Gasteiger partial charge in [0, 0.05) is 10.7 Å². The fourth-order valence-corrected chi connectivity index (χ4v) is 1.95. The van der Waals surface area contributed by atoms with Gasteiger partial charge >= 0.3 is 12.0 Å². The van der Waals surface area contributed by atoms with Gasteiger partial charge in [-0.15, -0.1) is 0 Å². The maximum absolute atomic E-state index is 11.8. The van der Waals surface area contributed by atoms with Gasteiger partial charge in [-0.2, -0.15) is 4.99 Å². The third-order valence-corrected chi connectivity index (χ3v) is 3.07. The highest BCUT2D eigenvalue weighted by molar-refractivity contribution is 6.30. The molecule has 4 nitrogen and oxygen atoms in total. The molecule has 0 saturated heterocycles. The average Bonchev–Trinajstić information content (AvgIpc) is 2.82. The average molecular weight is 299 g/mol. The van der Waals surface area contributed by atoms with Crippen molar-refractivity contribution < 1.29 is 9.53 Å². The van der Waals surface area contributed by atoms with Gasteiger partial charge in [-0.1, -0.05) is 41.9 Å². The molecule has 2 aromatic rings. The fraction of sp³-hybridized carbons (Fsp3) is 0. The molecule has 2 aromatic carbocycles. The summed E-state index contributed by atoms with van der Waals surface area (Å²) >= 11 is 5.81. The van der Waals surface area contributed by atoms with Crippen LogP contribution in [0, 0.1) is 0 Å². The van der Waals surface area contributed by atoms with Crippen LogP contribution in [0.2, 0.25) is 5.02 Å². The van der Waals surface area contributed by atoms with E-state index in [9.17, 15) is 4.79 Å². The first-order valence-electron chi connectivity index (χ1n) is 6.31. The first-order valence-corrected chi connectivity index (χ1v) is 6.69. The van der Waals surface area contributed by atoms with Crippen molar-refractivity contribution in [2.45, 2.75) is 0 Å². The Kier molecular flexibility index (Phi) is 3.71. The van der Waals surface area contributed by atoms with Gasteiger partial charge in [-0.25, -0.2) is 4.79 Å². The molecule has 5 heteroatoms. The van der Waals surface area contributed by atoms with Crippen LogP contribution >= 0.6 is 11.6 Å². The molecule has 0 aliphatic carbocycles. The second-order valence-electron chi connectivity index (χ2n) is 4.38. The van der Waals surface area contributed by atoms with Crippen LogP contribution in [0.5, 0.6) is 0 Å². The third-order valence-electron chi connectivity index (χ3n) is 2.82. The number of aliphatic imine (C=N–C) groups is 1. The summed E-state index contributed by atoms with van der Waals surface area (Å²) in [6, 6.07) is 16.7. The van der Waals surface area contributed by atoms with Crippen LogP contribution in [-0.4, -0.2) is 12.0 Å². The number of esters is 1. The van der Waals surface area contributed by atoms with Crippen LogP contribution in [0.3, 0.4) is 0 Å². The minimum Gasteiger partial charge on any atom is -0.387 e. The lowest BCUT2D eigenvalue weighted by molar-refractivity contribution is -0.129. The quantitative estimate of drug-likeness (QED) is 0.679. The lowest BCUT2D eigenvalue weighted by atomic mass is 10.2. The van der Waals surface area contributed by atoms with E-state index in [0.717, 1.165) is 11.3 Å². The van der Waals surface area contributed by atoms with Gasteiger partial charge in [-0.05, 0) is 35.9 Å². The smallest absolute Gasteiger partial charge is 0.364 e. The number of hydrogen-bond donors (Lipinski definition) is 1. The number of rotatable bonds is 2.